The van der Waals surface area contributed by atoms with Crippen molar-refractivity contribution in [3.05, 3.63) is 63.4 Å². The van der Waals surface area contributed by atoms with Crippen molar-refractivity contribution >= 4 is 45.9 Å². The van der Waals surface area contributed by atoms with Gasteiger partial charge in [0, 0.05) is 17.8 Å². The van der Waals surface area contributed by atoms with Crippen molar-refractivity contribution in [3.63, 3.8) is 0 Å². The van der Waals surface area contributed by atoms with Gasteiger partial charge in [-0.1, -0.05) is 41.6 Å². The van der Waals surface area contributed by atoms with E-state index < -0.39 is 5.25 Å². The van der Waals surface area contributed by atoms with E-state index in [-0.39, 0.29) is 11.5 Å². The Hall–Kier alpha value is -2.31. The molecule has 3 aromatic rings. The van der Waals surface area contributed by atoms with Crippen LogP contribution < -0.4 is 10.9 Å². The summed E-state index contributed by atoms with van der Waals surface area (Å²) in [6, 6.07) is 12.6. The molecule has 3 rings (SSSR count). The number of rotatable bonds is 4. The van der Waals surface area contributed by atoms with E-state index >= 15 is 0 Å². The molecule has 5 nitrogen and oxygen atoms in total. The number of carbonyl (C=O) groups is 1. The molecular formula is C19H18ClN3O2S. The Labute approximate surface area is 160 Å². The van der Waals surface area contributed by atoms with Gasteiger partial charge in [0.1, 0.15) is 0 Å². The van der Waals surface area contributed by atoms with Crippen molar-refractivity contribution in [2.45, 2.75) is 24.3 Å². The Balaban J connectivity index is 1.81. The lowest BCUT2D eigenvalue weighted by Crippen LogP contribution is -2.25. The molecule has 1 aromatic heterocycles. The van der Waals surface area contributed by atoms with Crippen molar-refractivity contribution in [1.29, 1.82) is 0 Å². The second-order valence-corrected chi connectivity index (χ2v) is 7.70. The number of carbonyl (C=O) groups excluding carboxylic acids is 1. The molecule has 7 heteroatoms. The minimum atomic E-state index is -0.436. The summed E-state index contributed by atoms with van der Waals surface area (Å²) in [7, 11) is 1.66. The molecule has 1 N–H and O–H groups in total. The molecule has 1 amide bonds. The van der Waals surface area contributed by atoms with Crippen molar-refractivity contribution < 1.29 is 4.79 Å². The van der Waals surface area contributed by atoms with Gasteiger partial charge in [0.15, 0.2) is 5.16 Å². The summed E-state index contributed by atoms with van der Waals surface area (Å²) >= 11 is 7.34. The minimum absolute atomic E-state index is 0.129. The van der Waals surface area contributed by atoms with E-state index in [1.165, 1.54) is 16.3 Å². The molecule has 0 bridgehead atoms. The van der Waals surface area contributed by atoms with Gasteiger partial charge in [-0.05, 0) is 43.7 Å². The van der Waals surface area contributed by atoms with Crippen LogP contribution in [0, 0.1) is 6.92 Å². The van der Waals surface area contributed by atoms with Gasteiger partial charge in [-0.25, -0.2) is 4.98 Å². The number of thioether (sulfide) groups is 1. The van der Waals surface area contributed by atoms with Crippen LogP contribution in [0.4, 0.5) is 5.69 Å². The zero-order chi connectivity index (χ0) is 18.8. The van der Waals surface area contributed by atoms with Crippen LogP contribution in [0.5, 0.6) is 0 Å². The number of hydrogen-bond donors (Lipinski definition) is 1. The number of nitrogens with zero attached hydrogens (tertiary/aromatic N) is 2. The van der Waals surface area contributed by atoms with Gasteiger partial charge in [-0.15, -0.1) is 0 Å². The zero-order valence-electron chi connectivity index (χ0n) is 14.6. The maximum Gasteiger partial charge on any atom is 0.261 e. The SMILES string of the molecule is Cc1ccc(NC(=O)C(C)Sc2nc3ccccc3c(=O)n2C)cc1Cl. The van der Waals surface area contributed by atoms with Crippen LogP contribution in [0.1, 0.15) is 12.5 Å². The van der Waals surface area contributed by atoms with Crippen LogP contribution in [-0.2, 0) is 11.8 Å². The predicted molar refractivity (Wildman–Crippen MR) is 107 cm³/mol. The number of hydrogen-bond acceptors (Lipinski definition) is 4. The molecule has 0 aliphatic heterocycles. The number of benzene rings is 2. The van der Waals surface area contributed by atoms with Gasteiger partial charge in [0.2, 0.25) is 5.91 Å². The van der Waals surface area contributed by atoms with Gasteiger partial charge in [-0.3, -0.25) is 14.2 Å². The fraction of sp³-hybridized carbons (Fsp3) is 0.211. The fourth-order valence-electron chi connectivity index (χ4n) is 2.43. The largest absolute Gasteiger partial charge is 0.325 e. The molecule has 0 radical (unpaired) electrons. The Morgan fingerprint density at radius 1 is 1.27 bits per heavy atom. The first-order valence-electron chi connectivity index (χ1n) is 8.06. The Kier molecular flexibility index (Phi) is 5.34. The lowest BCUT2D eigenvalue weighted by molar-refractivity contribution is -0.115. The van der Waals surface area contributed by atoms with E-state index in [1.807, 2.05) is 19.1 Å². The summed E-state index contributed by atoms with van der Waals surface area (Å²) in [5.74, 6) is -0.183. The Morgan fingerprint density at radius 2 is 2.00 bits per heavy atom. The quantitative estimate of drug-likeness (QED) is 0.542. The van der Waals surface area contributed by atoms with Crippen LogP contribution in [-0.4, -0.2) is 20.7 Å². The highest BCUT2D eigenvalue weighted by atomic mass is 35.5. The molecule has 26 heavy (non-hydrogen) atoms. The second kappa shape index (κ2) is 7.51. The number of aromatic nitrogens is 2. The number of nitrogens with one attached hydrogen (secondary N) is 1. The van der Waals surface area contributed by atoms with Crippen LogP contribution >= 0.6 is 23.4 Å². The third-order valence-electron chi connectivity index (χ3n) is 4.03. The van der Waals surface area contributed by atoms with Crippen molar-refractivity contribution in [1.82, 2.24) is 9.55 Å². The lowest BCUT2D eigenvalue weighted by Gasteiger charge is -2.14. The second-order valence-electron chi connectivity index (χ2n) is 5.99. The summed E-state index contributed by atoms with van der Waals surface area (Å²) < 4.78 is 1.47. The number of aryl methyl sites for hydroxylation is 1. The van der Waals surface area contributed by atoms with E-state index in [9.17, 15) is 9.59 Å². The molecular weight excluding hydrogens is 370 g/mol. The fourth-order valence-corrected chi connectivity index (χ4v) is 3.48. The van der Waals surface area contributed by atoms with Crippen LogP contribution in [0.3, 0.4) is 0 Å². The smallest absolute Gasteiger partial charge is 0.261 e. The first-order chi connectivity index (χ1) is 12.4. The highest BCUT2D eigenvalue weighted by molar-refractivity contribution is 8.00. The maximum absolute atomic E-state index is 12.5. The van der Waals surface area contributed by atoms with Crippen LogP contribution in [0.2, 0.25) is 5.02 Å². The molecule has 134 valence electrons. The molecule has 1 atom stereocenters. The highest BCUT2D eigenvalue weighted by Crippen LogP contribution is 2.24. The molecule has 0 fully saturated rings. The number of fused-ring (bicyclic) bond motifs is 1. The molecule has 0 saturated heterocycles. The number of amides is 1. The lowest BCUT2D eigenvalue weighted by atomic mass is 10.2. The van der Waals surface area contributed by atoms with E-state index in [4.69, 9.17) is 11.6 Å². The standard InChI is InChI=1S/C19H18ClN3O2S/c1-11-8-9-13(10-15(11)20)21-17(24)12(2)26-19-22-16-7-5-4-6-14(16)18(25)23(19)3/h4-10,12H,1-3H3,(H,21,24). The third-order valence-corrected chi connectivity index (χ3v) is 5.58. The number of halogens is 1. The van der Waals surface area contributed by atoms with E-state index in [0.29, 0.717) is 26.8 Å². The van der Waals surface area contributed by atoms with E-state index in [0.717, 1.165) is 5.56 Å². The average Bonchev–Trinajstić information content (AvgIpc) is 2.62. The topological polar surface area (TPSA) is 64.0 Å². The summed E-state index contributed by atoms with van der Waals surface area (Å²) in [4.78, 5) is 29.5. The Bertz CT molecular complexity index is 1050. The summed E-state index contributed by atoms with van der Waals surface area (Å²) in [6.45, 7) is 3.68. The number of anilines is 1. The summed E-state index contributed by atoms with van der Waals surface area (Å²) in [5, 5.41) is 4.06. The summed E-state index contributed by atoms with van der Waals surface area (Å²) in [6.07, 6.45) is 0. The molecule has 0 aliphatic carbocycles. The molecule has 1 unspecified atom stereocenters. The normalized spacial score (nSPS) is 12.2. The van der Waals surface area contributed by atoms with Crippen molar-refractivity contribution in [2.24, 2.45) is 7.05 Å². The molecule has 1 heterocycles. The van der Waals surface area contributed by atoms with Gasteiger partial charge in [0.25, 0.3) is 5.56 Å². The molecule has 0 spiro atoms. The first kappa shape index (κ1) is 18.5. The minimum Gasteiger partial charge on any atom is -0.325 e. The monoisotopic (exact) mass is 387 g/mol. The van der Waals surface area contributed by atoms with Gasteiger partial charge >= 0.3 is 0 Å². The van der Waals surface area contributed by atoms with Crippen LogP contribution in [0.25, 0.3) is 10.9 Å². The van der Waals surface area contributed by atoms with Crippen LogP contribution in [0.15, 0.2) is 52.4 Å². The predicted octanol–water partition coefficient (Wildman–Crippen LogP) is 4.01. The van der Waals surface area contributed by atoms with E-state index in [2.05, 4.69) is 10.3 Å². The summed E-state index contributed by atoms with van der Waals surface area (Å²) in [5.41, 5.74) is 2.08. The average molecular weight is 388 g/mol. The first-order valence-corrected chi connectivity index (χ1v) is 9.32. The highest BCUT2D eigenvalue weighted by Gasteiger charge is 2.18. The molecule has 0 aliphatic rings. The number of para-hydroxylation sites is 1. The van der Waals surface area contributed by atoms with Gasteiger partial charge in [-0.2, -0.15) is 0 Å². The van der Waals surface area contributed by atoms with Crippen molar-refractivity contribution in [2.75, 3.05) is 5.32 Å². The molecule has 2 aromatic carbocycles. The molecule has 0 saturated carbocycles. The van der Waals surface area contributed by atoms with Crippen molar-refractivity contribution in [3.8, 4) is 0 Å². The zero-order valence-corrected chi connectivity index (χ0v) is 16.2. The maximum atomic E-state index is 12.5. The Morgan fingerprint density at radius 3 is 2.73 bits per heavy atom. The third kappa shape index (κ3) is 3.76. The van der Waals surface area contributed by atoms with E-state index in [1.54, 1.807) is 44.3 Å². The van der Waals surface area contributed by atoms with Gasteiger partial charge in [0.05, 0.1) is 16.2 Å². The van der Waals surface area contributed by atoms with Gasteiger partial charge < -0.3 is 5.32 Å².